The van der Waals surface area contributed by atoms with Crippen LogP contribution in [-0.2, 0) is 6.42 Å². The number of rotatable bonds is 1. The van der Waals surface area contributed by atoms with E-state index in [1.807, 2.05) is 0 Å². The lowest BCUT2D eigenvalue weighted by atomic mass is 10.1. The number of ketones is 1. The van der Waals surface area contributed by atoms with Gasteiger partial charge in [-0.3, -0.25) is 4.79 Å². The summed E-state index contributed by atoms with van der Waals surface area (Å²) in [6.07, 6.45) is 0.703. The second-order valence-corrected chi connectivity index (χ2v) is 4.10. The Bertz CT molecular complexity index is 362. The maximum atomic E-state index is 12.8. The predicted octanol–water partition coefficient (Wildman–Crippen LogP) is 2.62. The van der Waals surface area contributed by atoms with Crippen LogP contribution >= 0.6 is 22.6 Å². The molecule has 1 nitrogen and oxygen atoms in total. The molecular formula is C10H8FIO. The molecule has 1 aromatic rings. The molecule has 1 aliphatic rings. The van der Waals surface area contributed by atoms with Crippen LogP contribution in [0.25, 0.3) is 0 Å². The fourth-order valence-electron chi connectivity index (χ4n) is 1.67. The first-order chi connectivity index (χ1) is 6.22. The molecule has 13 heavy (non-hydrogen) atoms. The van der Waals surface area contributed by atoms with E-state index in [0.717, 1.165) is 9.99 Å². The van der Waals surface area contributed by atoms with E-state index in [2.05, 4.69) is 22.6 Å². The monoisotopic (exact) mass is 290 g/mol. The number of fused-ring (bicyclic) bond motifs is 1. The van der Waals surface area contributed by atoms with Gasteiger partial charge in [-0.1, -0.05) is 22.6 Å². The first-order valence-electron chi connectivity index (χ1n) is 4.11. The van der Waals surface area contributed by atoms with Gasteiger partial charge in [-0.05, 0) is 30.2 Å². The smallest absolute Gasteiger partial charge is 0.167 e. The Morgan fingerprint density at radius 2 is 2.31 bits per heavy atom. The van der Waals surface area contributed by atoms with Crippen molar-refractivity contribution in [1.82, 2.24) is 0 Å². The van der Waals surface area contributed by atoms with Gasteiger partial charge >= 0.3 is 0 Å². The normalized spacial score (nSPS) is 20.5. The summed E-state index contributed by atoms with van der Waals surface area (Å²) in [5, 5.41) is 0. The summed E-state index contributed by atoms with van der Waals surface area (Å²) in [5.74, 6) is -0.0116. The molecule has 1 unspecified atom stereocenters. The molecule has 0 saturated heterocycles. The van der Waals surface area contributed by atoms with Gasteiger partial charge in [-0.25, -0.2) is 4.39 Å². The molecule has 0 N–H and O–H groups in total. The quantitative estimate of drug-likeness (QED) is 0.574. The Morgan fingerprint density at radius 1 is 1.54 bits per heavy atom. The van der Waals surface area contributed by atoms with Crippen molar-refractivity contribution in [3.8, 4) is 0 Å². The summed E-state index contributed by atoms with van der Waals surface area (Å²) in [4.78, 5) is 11.6. The topological polar surface area (TPSA) is 17.1 Å². The van der Waals surface area contributed by atoms with E-state index in [-0.39, 0.29) is 17.5 Å². The summed E-state index contributed by atoms with van der Waals surface area (Å²) < 4.78 is 13.6. The van der Waals surface area contributed by atoms with E-state index in [9.17, 15) is 9.18 Å². The molecular weight excluding hydrogens is 282 g/mol. The van der Waals surface area contributed by atoms with Gasteiger partial charge in [0.25, 0.3) is 0 Å². The molecule has 0 amide bonds. The first kappa shape index (κ1) is 9.12. The van der Waals surface area contributed by atoms with Gasteiger partial charge in [-0.15, -0.1) is 0 Å². The molecule has 0 bridgehead atoms. The van der Waals surface area contributed by atoms with E-state index in [0.29, 0.717) is 12.0 Å². The van der Waals surface area contributed by atoms with Gasteiger partial charge < -0.3 is 0 Å². The number of carbonyl (C=O) groups excluding carboxylic acids is 1. The number of hydrogen-bond acceptors (Lipinski definition) is 1. The molecule has 0 aliphatic heterocycles. The van der Waals surface area contributed by atoms with Gasteiger partial charge in [0.05, 0.1) is 0 Å². The Kier molecular flexibility index (Phi) is 2.36. The van der Waals surface area contributed by atoms with Gasteiger partial charge in [0.15, 0.2) is 5.78 Å². The lowest BCUT2D eigenvalue weighted by Crippen LogP contribution is -2.09. The van der Waals surface area contributed by atoms with E-state index in [1.165, 1.54) is 12.1 Å². The van der Waals surface area contributed by atoms with Crippen molar-refractivity contribution >= 4 is 28.4 Å². The third kappa shape index (κ3) is 1.49. The van der Waals surface area contributed by atoms with E-state index < -0.39 is 0 Å². The van der Waals surface area contributed by atoms with Crippen molar-refractivity contribution in [2.45, 2.75) is 6.42 Å². The number of hydrogen-bond donors (Lipinski definition) is 0. The molecule has 1 aliphatic carbocycles. The van der Waals surface area contributed by atoms with Crippen LogP contribution in [0.15, 0.2) is 18.2 Å². The lowest BCUT2D eigenvalue weighted by molar-refractivity contribution is 0.0950. The highest BCUT2D eigenvalue weighted by atomic mass is 127. The highest BCUT2D eigenvalue weighted by Crippen LogP contribution is 2.28. The second kappa shape index (κ2) is 3.36. The maximum absolute atomic E-state index is 12.8. The highest BCUT2D eigenvalue weighted by molar-refractivity contribution is 14.1. The average Bonchev–Trinajstić information content (AvgIpc) is 2.42. The zero-order valence-corrected chi connectivity index (χ0v) is 9.05. The number of halogens is 2. The summed E-state index contributed by atoms with van der Waals surface area (Å²) >= 11 is 2.20. The van der Waals surface area contributed by atoms with Crippen molar-refractivity contribution in [3.05, 3.63) is 35.1 Å². The first-order valence-corrected chi connectivity index (χ1v) is 5.63. The minimum absolute atomic E-state index is 0.0670. The Balaban J connectivity index is 2.44. The SMILES string of the molecule is O=C1c2ccc(F)cc2CC1CI. The van der Waals surface area contributed by atoms with Gasteiger partial charge in [0.1, 0.15) is 5.82 Å². The van der Waals surface area contributed by atoms with E-state index >= 15 is 0 Å². The van der Waals surface area contributed by atoms with Crippen LogP contribution < -0.4 is 0 Å². The number of Topliss-reactive ketones (excluding diaryl/α,β-unsaturated/α-hetero) is 1. The van der Waals surface area contributed by atoms with Crippen LogP contribution in [0.1, 0.15) is 15.9 Å². The van der Waals surface area contributed by atoms with Gasteiger partial charge in [0, 0.05) is 15.9 Å². The molecule has 0 radical (unpaired) electrons. The molecule has 1 atom stereocenters. The van der Waals surface area contributed by atoms with Crippen LogP contribution in [0.5, 0.6) is 0 Å². The highest BCUT2D eigenvalue weighted by Gasteiger charge is 2.29. The molecule has 0 heterocycles. The minimum Gasteiger partial charge on any atom is -0.294 e. The predicted molar refractivity (Wildman–Crippen MR) is 56.8 cm³/mol. The second-order valence-electron chi connectivity index (χ2n) is 3.22. The average molecular weight is 290 g/mol. The molecule has 68 valence electrons. The van der Waals surface area contributed by atoms with Crippen LogP contribution in [-0.4, -0.2) is 10.2 Å². The van der Waals surface area contributed by atoms with Gasteiger partial charge in [-0.2, -0.15) is 0 Å². The summed E-state index contributed by atoms with van der Waals surface area (Å²) in [5.41, 5.74) is 1.58. The Hall–Kier alpha value is -0.450. The minimum atomic E-state index is -0.249. The third-order valence-electron chi connectivity index (χ3n) is 2.36. The van der Waals surface area contributed by atoms with E-state index in [1.54, 1.807) is 6.07 Å². The molecule has 0 saturated carbocycles. The van der Waals surface area contributed by atoms with Crippen molar-refractivity contribution in [2.24, 2.45) is 5.92 Å². The van der Waals surface area contributed by atoms with Crippen LogP contribution in [0.2, 0.25) is 0 Å². The van der Waals surface area contributed by atoms with Crippen LogP contribution in [0.4, 0.5) is 4.39 Å². The van der Waals surface area contributed by atoms with Crippen LogP contribution in [0.3, 0.4) is 0 Å². The number of carbonyl (C=O) groups is 1. The van der Waals surface area contributed by atoms with E-state index in [4.69, 9.17) is 0 Å². The lowest BCUT2D eigenvalue weighted by Gasteiger charge is -1.98. The Morgan fingerprint density at radius 3 is 3.00 bits per heavy atom. The molecule has 0 fully saturated rings. The van der Waals surface area contributed by atoms with Crippen molar-refractivity contribution in [1.29, 1.82) is 0 Å². The molecule has 0 spiro atoms. The van der Waals surface area contributed by atoms with Gasteiger partial charge in [0.2, 0.25) is 0 Å². The van der Waals surface area contributed by atoms with Crippen LogP contribution in [0, 0.1) is 11.7 Å². The zero-order chi connectivity index (χ0) is 9.42. The summed E-state index contributed by atoms with van der Waals surface area (Å²) in [6, 6.07) is 4.42. The maximum Gasteiger partial charge on any atom is 0.167 e. The van der Waals surface area contributed by atoms with Crippen molar-refractivity contribution in [2.75, 3.05) is 4.43 Å². The summed E-state index contributed by atoms with van der Waals surface area (Å²) in [6.45, 7) is 0. The zero-order valence-electron chi connectivity index (χ0n) is 6.89. The number of benzene rings is 1. The molecule has 3 heteroatoms. The van der Waals surface area contributed by atoms with Crippen molar-refractivity contribution in [3.63, 3.8) is 0 Å². The molecule has 0 aromatic heterocycles. The largest absolute Gasteiger partial charge is 0.294 e. The fraction of sp³-hybridized carbons (Fsp3) is 0.300. The van der Waals surface area contributed by atoms with Crippen molar-refractivity contribution < 1.29 is 9.18 Å². The Labute approximate surface area is 89.5 Å². The fourth-order valence-corrected chi connectivity index (χ4v) is 2.39. The molecule has 2 rings (SSSR count). The third-order valence-corrected chi connectivity index (χ3v) is 3.42. The standard InChI is InChI=1S/C10H8FIO/c11-8-1-2-9-6(4-8)3-7(5-12)10(9)13/h1-2,4,7H,3,5H2. The number of alkyl halides is 1. The summed E-state index contributed by atoms with van der Waals surface area (Å²) in [7, 11) is 0. The molecule has 1 aromatic carbocycles.